The van der Waals surface area contributed by atoms with Gasteiger partial charge in [-0.25, -0.2) is 14.2 Å². The number of hydrogen-bond donors (Lipinski definition) is 0. The molecular formula is C21H19FN2O3. The number of Topliss-reactive ketones (excluding diaryl/α,β-unsaturated/α-hetero) is 1. The fourth-order valence-corrected chi connectivity index (χ4v) is 2.90. The number of ether oxygens (including phenoxy) is 1. The Bertz CT molecular complexity index is 1010. The highest BCUT2D eigenvalue weighted by molar-refractivity contribution is 6.00. The largest absolute Gasteiger partial charge is 0.454 e. The van der Waals surface area contributed by atoms with Crippen molar-refractivity contribution in [2.45, 2.75) is 20.8 Å². The number of nitrogens with zero attached hydrogens (tertiary/aromatic N) is 2. The molecule has 0 aliphatic carbocycles. The second kappa shape index (κ2) is 7.53. The fourth-order valence-electron chi connectivity index (χ4n) is 2.90. The van der Waals surface area contributed by atoms with Gasteiger partial charge < -0.3 is 9.30 Å². The highest BCUT2D eigenvalue weighted by Gasteiger charge is 2.19. The molecule has 3 aromatic rings. The Morgan fingerprint density at radius 3 is 2.56 bits per heavy atom. The molecular weight excluding hydrogens is 347 g/mol. The molecule has 6 heteroatoms. The highest BCUT2D eigenvalue weighted by Crippen LogP contribution is 2.20. The lowest BCUT2D eigenvalue weighted by molar-refractivity contribution is 0.0474. The number of hydrogen-bond acceptors (Lipinski definition) is 4. The van der Waals surface area contributed by atoms with Crippen molar-refractivity contribution in [3.8, 4) is 5.82 Å². The first-order valence-corrected chi connectivity index (χ1v) is 8.45. The molecule has 2 aromatic heterocycles. The van der Waals surface area contributed by atoms with Gasteiger partial charge in [0, 0.05) is 23.1 Å². The number of carbonyl (C=O) groups excluding carboxylic acids is 2. The summed E-state index contributed by atoms with van der Waals surface area (Å²) in [6.45, 7) is 4.87. The minimum atomic E-state index is -0.735. The molecule has 0 unspecified atom stereocenters. The SMILES string of the molecule is Cc1ccc(C(=O)OCC(=O)c2cc(C)n(-c3ccccn3)c2C)cc1F. The first-order chi connectivity index (χ1) is 12.9. The fraction of sp³-hybridized carbons (Fsp3) is 0.190. The molecule has 0 amide bonds. The van der Waals surface area contributed by atoms with Crippen LogP contribution in [0.2, 0.25) is 0 Å². The van der Waals surface area contributed by atoms with E-state index in [4.69, 9.17) is 4.74 Å². The zero-order chi connectivity index (χ0) is 19.6. The molecule has 0 saturated heterocycles. The molecule has 0 fully saturated rings. The summed E-state index contributed by atoms with van der Waals surface area (Å²) in [5.41, 5.74) is 2.53. The van der Waals surface area contributed by atoms with Crippen LogP contribution in [0, 0.1) is 26.6 Å². The minimum Gasteiger partial charge on any atom is -0.454 e. The van der Waals surface area contributed by atoms with Gasteiger partial charge in [-0.15, -0.1) is 0 Å². The summed E-state index contributed by atoms with van der Waals surface area (Å²) in [4.78, 5) is 28.9. The first-order valence-electron chi connectivity index (χ1n) is 8.45. The molecule has 0 bridgehead atoms. The summed E-state index contributed by atoms with van der Waals surface area (Å²) in [6, 6.07) is 11.3. The maximum absolute atomic E-state index is 13.6. The molecule has 0 spiro atoms. The van der Waals surface area contributed by atoms with E-state index in [9.17, 15) is 14.0 Å². The van der Waals surface area contributed by atoms with Gasteiger partial charge in [-0.05, 0) is 56.7 Å². The number of halogens is 1. The minimum absolute atomic E-state index is 0.0739. The van der Waals surface area contributed by atoms with E-state index in [0.29, 0.717) is 22.6 Å². The van der Waals surface area contributed by atoms with E-state index in [1.54, 1.807) is 19.2 Å². The third-order valence-electron chi connectivity index (χ3n) is 4.35. The van der Waals surface area contributed by atoms with Gasteiger partial charge in [-0.3, -0.25) is 4.79 Å². The van der Waals surface area contributed by atoms with E-state index in [1.807, 2.05) is 36.6 Å². The lowest BCUT2D eigenvalue weighted by Crippen LogP contribution is -2.15. The second-order valence-electron chi connectivity index (χ2n) is 6.27. The Labute approximate surface area is 156 Å². The van der Waals surface area contributed by atoms with Crippen molar-refractivity contribution in [2.24, 2.45) is 0 Å². The summed E-state index contributed by atoms with van der Waals surface area (Å²) in [5.74, 6) is -0.847. The Hall–Kier alpha value is -3.28. The lowest BCUT2D eigenvalue weighted by atomic mass is 10.1. The zero-order valence-electron chi connectivity index (χ0n) is 15.3. The average Bonchev–Trinajstić information content (AvgIpc) is 2.96. The van der Waals surface area contributed by atoms with Crippen molar-refractivity contribution in [3.05, 3.63) is 82.6 Å². The van der Waals surface area contributed by atoms with Crippen LogP contribution in [0.15, 0.2) is 48.7 Å². The van der Waals surface area contributed by atoms with Crippen LogP contribution in [0.5, 0.6) is 0 Å². The zero-order valence-corrected chi connectivity index (χ0v) is 15.3. The van der Waals surface area contributed by atoms with Gasteiger partial charge in [0.25, 0.3) is 0 Å². The molecule has 0 N–H and O–H groups in total. The van der Waals surface area contributed by atoms with Crippen LogP contribution in [-0.2, 0) is 4.74 Å². The molecule has 5 nitrogen and oxygen atoms in total. The van der Waals surface area contributed by atoms with Gasteiger partial charge in [-0.2, -0.15) is 0 Å². The molecule has 2 heterocycles. The van der Waals surface area contributed by atoms with Crippen LogP contribution in [-0.4, -0.2) is 27.9 Å². The molecule has 138 valence electrons. The second-order valence-corrected chi connectivity index (χ2v) is 6.27. The maximum atomic E-state index is 13.6. The average molecular weight is 366 g/mol. The van der Waals surface area contributed by atoms with Gasteiger partial charge in [-0.1, -0.05) is 12.1 Å². The normalized spacial score (nSPS) is 10.7. The quantitative estimate of drug-likeness (QED) is 0.506. The first kappa shape index (κ1) is 18.5. The molecule has 0 aliphatic rings. The van der Waals surface area contributed by atoms with Crippen molar-refractivity contribution in [2.75, 3.05) is 6.61 Å². The number of aromatic nitrogens is 2. The van der Waals surface area contributed by atoms with Crippen LogP contribution >= 0.6 is 0 Å². The van der Waals surface area contributed by atoms with Crippen LogP contribution in [0.4, 0.5) is 4.39 Å². The molecule has 0 radical (unpaired) electrons. The van der Waals surface area contributed by atoms with Crippen molar-refractivity contribution < 1.29 is 18.7 Å². The number of pyridine rings is 1. The third kappa shape index (κ3) is 3.79. The molecule has 0 aliphatic heterocycles. The van der Waals surface area contributed by atoms with Gasteiger partial charge in [0.2, 0.25) is 5.78 Å². The number of aryl methyl sites for hydroxylation is 2. The van der Waals surface area contributed by atoms with Crippen LogP contribution in [0.3, 0.4) is 0 Å². The van der Waals surface area contributed by atoms with Gasteiger partial charge in [0.05, 0.1) is 5.56 Å². The van der Waals surface area contributed by atoms with E-state index in [1.165, 1.54) is 12.1 Å². The molecule has 0 saturated carbocycles. The van der Waals surface area contributed by atoms with Crippen LogP contribution in [0.1, 0.15) is 37.7 Å². The Balaban J connectivity index is 1.75. The third-order valence-corrected chi connectivity index (χ3v) is 4.35. The molecule has 27 heavy (non-hydrogen) atoms. The summed E-state index contributed by atoms with van der Waals surface area (Å²) >= 11 is 0. The molecule has 1 aromatic carbocycles. The number of esters is 1. The monoisotopic (exact) mass is 366 g/mol. The standard InChI is InChI=1S/C21H19FN2O3/c1-13-7-8-16(11-18(13)22)21(26)27-12-19(25)17-10-14(2)24(15(17)3)20-6-4-5-9-23-20/h4-11H,12H2,1-3H3. The van der Waals surface area contributed by atoms with E-state index in [2.05, 4.69) is 4.98 Å². The van der Waals surface area contributed by atoms with E-state index in [-0.39, 0.29) is 11.3 Å². The summed E-state index contributed by atoms with van der Waals surface area (Å²) in [5, 5.41) is 0. The van der Waals surface area contributed by atoms with Crippen molar-refractivity contribution in [1.82, 2.24) is 9.55 Å². The Morgan fingerprint density at radius 2 is 1.89 bits per heavy atom. The summed E-state index contributed by atoms with van der Waals surface area (Å²) < 4.78 is 20.5. The van der Waals surface area contributed by atoms with E-state index >= 15 is 0 Å². The predicted molar refractivity (Wildman–Crippen MR) is 98.8 cm³/mol. The Morgan fingerprint density at radius 1 is 1.11 bits per heavy atom. The maximum Gasteiger partial charge on any atom is 0.338 e. The van der Waals surface area contributed by atoms with Gasteiger partial charge in [0.15, 0.2) is 6.61 Å². The van der Waals surface area contributed by atoms with Gasteiger partial charge in [0.1, 0.15) is 11.6 Å². The molecule has 0 atom stereocenters. The van der Waals surface area contributed by atoms with Crippen molar-refractivity contribution in [3.63, 3.8) is 0 Å². The smallest absolute Gasteiger partial charge is 0.338 e. The lowest BCUT2D eigenvalue weighted by Gasteiger charge is -2.08. The van der Waals surface area contributed by atoms with Crippen LogP contribution in [0.25, 0.3) is 5.82 Å². The summed E-state index contributed by atoms with van der Waals surface area (Å²) in [7, 11) is 0. The number of ketones is 1. The topological polar surface area (TPSA) is 61.2 Å². The summed E-state index contributed by atoms with van der Waals surface area (Å²) in [6.07, 6.45) is 1.68. The Kier molecular flexibility index (Phi) is 5.16. The predicted octanol–water partition coefficient (Wildman–Crippen LogP) is 3.98. The van der Waals surface area contributed by atoms with Crippen molar-refractivity contribution in [1.29, 1.82) is 0 Å². The van der Waals surface area contributed by atoms with Crippen molar-refractivity contribution >= 4 is 11.8 Å². The van der Waals surface area contributed by atoms with Crippen LogP contribution < -0.4 is 0 Å². The number of carbonyl (C=O) groups is 2. The highest BCUT2D eigenvalue weighted by atomic mass is 19.1. The number of rotatable bonds is 5. The number of benzene rings is 1. The molecule has 3 rings (SSSR count). The van der Waals surface area contributed by atoms with E-state index in [0.717, 1.165) is 11.8 Å². The van der Waals surface area contributed by atoms with Gasteiger partial charge >= 0.3 is 5.97 Å². The van der Waals surface area contributed by atoms with E-state index < -0.39 is 18.4 Å².